The van der Waals surface area contributed by atoms with Crippen LogP contribution in [0.5, 0.6) is 0 Å². The molecular weight excluding hydrogens is 356 g/mol. The van der Waals surface area contributed by atoms with Gasteiger partial charge in [0.1, 0.15) is 11.7 Å². The Labute approximate surface area is 154 Å². The minimum atomic E-state index is -2.67. The van der Waals surface area contributed by atoms with Gasteiger partial charge in [0.05, 0.1) is 24.6 Å². The number of rotatable bonds is 7. The molecule has 0 aromatic carbocycles. The van der Waals surface area contributed by atoms with Gasteiger partial charge in [-0.25, -0.2) is 8.78 Å². The summed E-state index contributed by atoms with van der Waals surface area (Å²) in [4.78, 5) is 12.4. The predicted molar refractivity (Wildman–Crippen MR) is 94.5 cm³/mol. The van der Waals surface area contributed by atoms with E-state index in [9.17, 15) is 13.6 Å². The molecule has 0 aliphatic carbocycles. The van der Waals surface area contributed by atoms with E-state index >= 15 is 0 Å². The molecule has 1 unspecified atom stereocenters. The average Bonchev–Trinajstić information content (AvgIpc) is 3.35. The molecule has 27 heavy (non-hydrogen) atoms. The van der Waals surface area contributed by atoms with E-state index in [1.807, 2.05) is 17.8 Å². The number of aryl methyl sites for hydroxylation is 2. The number of aromatic nitrogens is 6. The molecule has 3 aromatic heterocycles. The van der Waals surface area contributed by atoms with Gasteiger partial charge in [-0.15, -0.1) is 0 Å². The van der Waals surface area contributed by atoms with Crippen molar-refractivity contribution in [3.05, 3.63) is 47.8 Å². The quantitative estimate of drug-likeness (QED) is 0.686. The Bertz CT molecular complexity index is 928. The number of carbonyl (C=O) groups excluding carboxylic acids is 1. The highest BCUT2D eigenvalue weighted by Gasteiger charge is 2.21. The Kier molecular flexibility index (Phi) is 5.33. The summed E-state index contributed by atoms with van der Waals surface area (Å²) in [7, 11) is 0. The molecule has 0 spiro atoms. The van der Waals surface area contributed by atoms with Crippen LogP contribution in [0, 0.1) is 6.92 Å². The highest BCUT2D eigenvalue weighted by atomic mass is 19.3. The van der Waals surface area contributed by atoms with Crippen LogP contribution in [0.3, 0.4) is 0 Å². The maximum absolute atomic E-state index is 12.8. The number of amides is 1. The summed E-state index contributed by atoms with van der Waals surface area (Å²) in [6, 6.07) is 0.548. The topological polar surface area (TPSA) is 82.6 Å². The molecule has 0 aliphatic rings. The van der Waals surface area contributed by atoms with E-state index in [0.717, 1.165) is 12.1 Å². The molecule has 8 nitrogen and oxygen atoms in total. The van der Waals surface area contributed by atoms with Gasteiger partial charge in [-0.2, -0.15) is 15.3 Å². The third kappa shape index (κ3) is 4.21. The van der Waals surface area contributed by atoms with E-state index in [4.69, 9.17) is 0 Å². The molecule has 3 rings (SSSR count). The molecule has 0 bridgehead atoms. The summed E-state index contributed by atoms with van der Waals surface area (Å²) in [5.41, 5.74) is 1.68. The molecular formula is C17H21F2N7O. The van der Waals surface area contributed by atoms with Crippen molar-refractivity contribution in [2.45, 2.75) is 46.3 Å². The second-order valence-corrected chi connectivity index (χ2v) is 6.25. The molecule has 1 amide bonds. The van der Waals surface area contributed by atoms with Gasteiger partial charge in [-0.1, -0.05) is 0 Å². The lowest BCUT2D eigenvalue weighted by Crippen LogP contribution is -2.25. The number of hydrogen-bond acceptors (Lipinski definition) is 4. The molecule has 3 aromatic rings. The molecule has 0 saturated heterocycles. The summed E-state index contributed by atoms with van der Waals surface area (Å²) in [6.45, 7) is 6.57. The Morgan fingerprint density at radius 2 is 1.96 bits per heavy atom. The fraction of sp³-hybridized carbons (Fsp3) is 0.412. The van der Waals surface area contributed by atoms with Crippen LogP contribution in [0.15, 0.2) is 30.9 Å². The third-order valence-corrected chi connectivity index (χ3v) is 4.17. The van der Waals surface area contributed by atoms with Crippen LogP contribution in [0.1, 0.15) is 43.3 Å². The van der Waals surface area contributed by atoms with Gasteiger partial charge >= 0.3 is 0 Å². The van der Waals surface area contributed by atoms with Crippen LogP contribution in [0.4, 0.5) is 14.5 Å². The van der Waals surface area contributed by atoms with Crippen LogP contribution >= 0.6 is 0 Å². The first kappa shape index (κ1) is 18.7. The van der Waals surface area contributed by atoms with E-state index < -0.39 is 12.5 Å². The van der Waals surface area contributed by atoms with Crippen LogP contribution < -0.4 is 5.32 Å². The first-order valence-corrected chi connectivity index (χ1v) is 8.56. The van der Waals surface area contributed by atoms with Gasteiger partial charge in [-0.05, 0) is 26.8 Å². The maximum Gasteiger partial charge on any atom is 0.282 e. The van der Waals surface area contributed by atoms with Crippen molar-refractivity contribution < 1.29 is 13.6 Å². The number of carbonyl (C=O) groups is 1. The number of hydrogen-bond donors (Lipinski definition) is 1. The van der Waals surface area contributed by atoms with Crippen LogP contribution in [0.2, 0.25) is 0 Å². The summed E-state index contributed by atoms with van der Waals surface area (Å²) >= 11 is 0. The molecule has 144 valence electrons. The zero-order chi connectivity index (χ0) is 19.6. The zero-order valence-corrected chi connectivity index (χ0v) is 15.3. The average molecular weight is 377 g/mol. The molecule has 0 radical (unpaired) electrons. The smallest absolute Gasteiger partial charge is 0.282 e. The van der Waals surface area contributed by atoms with E-state index in [2.05, 4.69) is 20.6 Å². The van der Waals surface area contributed by atoms with Crippen LogP contribution in [-0.2, 0) is 17.9 Å². The van der Waals surface area contributed by atoms with E-state index in [0.29, 0.717) is 17.9 Å². The van der Waals surface area contributed by atoms with Crippen molar-refractivity contribution in [1.82, 2.24) is 29.3 Å². The molecule has 0 aliphatic heterocycles. The number of halogens is 2. The van der Waals surface area contributed by atoms with Crippen molar-refractivity contribution in [2.75, 3.05) is 5.32 Å². The Morgan fingerprint density at radius 1 is 1.22 bits per heavy atom. The largest absolute Gasteiger partial charge is 0.322 e. The maximum atomic E-state index is 12.8. The van der Waals surface area contributed by atoms with Crippen LogP contribution in [-0.4, -0.2) is 35.2 Å². The standard InChI is InChI=1S/C17H21F2N7O/c1-4-24-8-13(6-20-24)9-25-10-14(7-21-25)22-17(27)12(3)26-11(2)5-15(23-26)16(18)19/h5-8,10,12,16H,4,9H2,1-3H3,(H,22,27). The summed E-state index contributed by atoms with van der Waals surface area (Å²) < 4.78 is 30.4. The van der Waals surface area contributed by atoms with Crippen molar-refractivity contribution in [2.24, 2.45) is 0 Å². The highest BCUT2D eigenvalue weighted by molar-refractivity contribution is 5.93. The van der Waals surface area contributed by atoms with Gasteiger partial charge in [0.25, 0.3) is 6.43 Å². The highest BCUT2D eigenvalue weighted by Crippen LogP contribution is 2.21. The molecule has 10 heteroatoms. The lowest BCUT2D eigenvalue weighted by Gasteiger charge is -2.13. The molecule has 3 heterocycles. The fourth-order valence-corrected chi connectivity index (χ4v) is 2.73. The number of nitrogens with zero attached hydrogens (tertiary/aromatic N) is 6. The van der Waals surface area contributed by atoms with Crippen LogP contribution in [0.25, 0.3) is 0 Å². The summed E-state index contributed by atoms with van der Waals surface area (Å²) in [5, 5.41) is 15.0. The zero-order valence-electron chi connectivity index (χ0n) is 15.3. The summed E-state index contributed by atoms with van der Waals surface area (Å²) in [6.07, 6.45) is 4.27. The van der Waals surface area contributed by atoms with E-state index in [1.54, 1.807) is 30.9 Å². The number of alkyl halides is 2. The Balaban J connectivity index is 1.65. The van der Waals surface area contributed by atoms with Gasteiger partial charge in [0.15, 0.2) is 0 Å². The molecule has 0 fully saturated rings. The third-order valence-electron chi connectivity index (χ3n) is 4.17. The number of anilines is 1. The number of nitrogens with one attached hydrogen (secondary N) is 1. The van der Waals surface area contributed by atoms with E-state index in [-0.39, 0.29) is 11.6 Å². The van der Waals surface area contributed by atoms with Gasteiger partial charge < -0.3 is 5.32 Å². The SMILES string of the molecule is CCn1cc(Cn2cc(NC(=O)C(C)n3nc(C(F)F)cc3C)cn2)cn1. The second kappa shape index (κ2) is 7.68. The molecule has 1 N–H and O–H groups in total. The molecule has 1 atom stereocenters. The summed E-state index contributed by atoms with van der Waals surface area (Å²) in [5.74, 6) is -0.361. The van der Waals surface area contributed by atoms with Crippen molar-refractivity contribution in [1.29, 1.82) is 0 Å². The molecule has 0 saturated carbocycles. The monoisotopic (exact) mass is 377 g/mol. The fourth-order valence-electron chi connectivity index (χ4n) is 2.73. The first-order valence-electron chi connectivity index (χ1n) is 8.56. The second-order valence-electron chi connectivity index (χ2n) is 6.25. The van der Waals surface area contributed by atoms with Gasteiger partial charge in [0, 0.05) is 30.2 Å². The Hall–Kier alpha value is -3.04. The minimum absolute atomic E-state index is 0.340. The lowest BCUT2D eigenvalue weighted by atomic mass is 10.3. The van der Waals surface area contributed by atoms with E-state index in [1.165, 1.54) is 16.9 Å². The first-order chi connectivity index (χ1) is 12.9. The van der Waals surface area contributed by atoms with Gasteiger partial charge in [0.2, 0.25) is 5.91 Å². The normalized spacial score (nSPS) is 12.5. The van der Waals surface area contributed by atoms with Crippen molar-refractivity contribution in [3.63, 3.8) is 0 Å². The lowest BCUT2D eigenvalue weighted by molar-refractivity contribution is -0.119. The van der Waals surface area contributed by atoms with Crippen molar-refractivity contribution in [3.8, 4) is 0 Å². The predicted octanol–water partition coefficient (Wildman–Crippen LogP) is 2.79. The van der Waals surface area contributed by atoms with Gasteiger partial charge in [-0.3, -0.25) is 18.8 Å². The van der Waals surface area contributed by atoms with Crippen molar-refractivity contribution >= 4 is 11.6 Å². The minimum Gasteiger partial charge on any atom is -0.322 e. The Morgan fingerprint density at radius 3 is 2.59 bits per heavy atom.